The molecule has 1 fully saturated rings. The number of rotatable bonds is 6. The Morgan fingerprint density at radius 3 is 2.78 bits per heavy atom. The molecule has 2 N–H and O–H groups in total. The first-order valence-electron chi connectivity index (χ1n) is 8.84. The molecule has 0 aromatic heterocycles. The van der Waals surface area contributed by atoms with Crippen LogP contribution in [0.3, 0.4) is 0 Å². The molecule has 1 aliphatic rings. The summed E-state index contributed by atoms with van der Waals surface area (Å²) < 4.78 is 27.0. The first kappa shape index (κ1) is 19.0. The van der Waals surface area contributed by atoms with Crippen LogP contribution in [0.5, 0.6) is 0 Å². The number of carbonyl (C=O) groups is 2. The molecule has 0 bridgehead atoms. The number of hydrogen-bond acceptors (Lipinski definition) is 3. The number of nitrogens with one attached hydrogen (secondary N) is 2. The van der Waals surface area contributed by atoms with Crippen molar-refractivity contribution in [1.82, 2.24) is 5.32 Å². The average molecular weight is 373 g/mol. The zero-order valence-electron chi connectivity index (χ0n) is 15.0. The third kappa shape index (κ3) is 4.49. The predicted octanol–water partition coefficient (Wildman–Crippen LogP) is 3.07. The zero-order chi connectivity index (χ0) is 19.4. The highest BCUT2D eigenvalue weighted by atomic mass is 19.1. The van der Waals surface area contributed by atoms with Gasteiger partial charge in [0.25, 0.3) is 0 Å². The van der Waals surface area contributed by atoms with E-state index in [-0.39, 0.29) is 30.5 Å². The lowest BCUT2D eigenvalue weighted by molar-refractivity contribution is -0.122. The average Bonchev–Trinajstić information content (AvgIpc) is 3.02. The number of anilines is 2. The maximum atomic E-state index is 14.0. The highest BCUT2D eigenvalue weighted by Crippen LogP contribution is 2.28. The Morgan fingerprint density at radius 1 is 1.22 bits per heavy atom. The van der Waals surface area contributed by atoms with Gasteiger partial charge in [-0.3, -0.25) is 9.59 Å². The molecule has 1 unspecified atom stereocenters. The van der Waals surface area contributed by atoms with Gasteiger partial charge in [0.15, 0.2) is 0 Å². The van der Waals surface area contributed by atoms with Crippen LogP contribution in [0.1, 0.15) is 18.9 Å². The minimum absolute atomic E-state index is 0.00987. The van der Waals surface area contributed by atoms with E-state index in [0.29, 0.717) is 12.2 Å². The van der Waals surface area contributed by atoms with E-state index >= 15 is 0 Å². The van der Waals surface area contributed by atoms with Gasteiger partial charge in [-0.15, -0.1) is 0 Å². The van der Waals surface area contributed by atoms with Crippen LogP contribution in [0.25, 0.3) is 0 Å². The van der Waals surface area contributed by atoms with E-state index in [4.69, 9.17) is 0 Å². The molecule has 1 saturated heterocycles. The van der Waals surface area contributed by atoms with E-state index in [0.717, 1.165) is 24.2 Å². The molecule has 2 aromatic carbocycles. The molecule has 0 spiro atoms. The third-order valence-corrected chi connectivity index (χ3v) is 4.47. The van der Waals surface area contributed by atoms with Crippen molar-refractivity contribution < 1.29 is 18.4 Å². The van der Waals surface area contributed by atoms with Crippen LogP contribution in [-0.4, -0.2) is 24.9 Å². The minimum atomic E-state index is -0.819. The molecular weight excluding hydrogens is 352 g/mol. The highest BCUT2D eigenvalue weighted by Gasteiger charge is 2.36. The fourth-order valence-corrected chi connectivity index (χ4v) is 3.09. The number of hydrogen-bond donors (Lipinski definition) is 2. The number of benzene rings is 2. The maximum Gasteiger partial charge on any atom is 0.229 e. The van der Waals surface area contributed by atoms with Gasteiger partial charge in [-0.1, -0.05) is 19.1 Å². The summed E-state index contributed by atoms with van der Waals surface area (Å²) in [4.78, 5) is 26.0. The predicted molar refractivity (Wildman–Crippen MR) is 99.3 cm³/mol. The van der Waals surface area contributed by atoms with Crippen molar-refractivity contribution in [3.8, 4) is 0 Å². The zero-order valence-corrected chi connectivity index (χ0v) is 15.0. The van der Waals surface area contributed by atoms with Gasteiger partial charge in [-0.2, -0.15) is 0 Å². The van der Waals surface area contributed by atoms with E-state index in [1.165, 1.54) is 11.0 Å². The van der Waals surface area contributed by atoms with E-state index < -0.39 is 17.6 Å². The molecule has 3 rings (SSSR count). The number of halogens is 2. The monoisotopic (exact) mass is 373 g/mol. The summed E-state index contributed by atoms with van der Waals surface area (Å²) in [6.45, 7) is 3.61. The Hall–Kier alpha value is -2.80. The molecule has 2 aromatic rings. The number of nitrogens with zero attached hydrogens (tertiary/aromatic N) is 1. The van der Waals surface area contributed by atoms with Crippen LogP contribution in [0.15, 0.2) is 42.5 Å². The smallest absolute Gasteiger partial charge is 0.229 e. The van der Waals surface area contributed by atoms with Crippen LogP contribution in [0.4, 0.5) is 20.2 Å². The second-order valence-corrected chi connectivity index (χ2v) is 6.47. The Labute approximate surface area is 156 Å². The molecule has 1 aliphatic heterocycles. The van der Waals surface area contributed by atoms with E-state index in [1.54, 1.807) is 6.07 Å². The normalized spacial score (nSPS) is 16.6. The molecule has 27 heavy (non-hydrogen) atoms. The molecule has 0 aliphatic carbocycles. The van der Waals surface area contributed by atoms with Crippen molar-refractivity contribution in [3.05, 3.63) is 59.7 Å². The van der Waals surface area contributed by atoms with Gasteiger partial charge in [0.1, 0.15) is 11.6 Å². The van der Waals surface area contributed by atoms with Crippen molar-refractivity contribution >= 4 is 23.2 Å². The van der Waals surface area contributed by atoms with Gasteiger partial charge in [0.2, 0.25) is 11.8 Å². The van der Waals surface area contributed by atoms with Crippen molar-refractivity contribution in [2.75, 3.05) is 23.3 Å². The molecule has 0 radical (unpaired) electrons. The van der Waals surface area contributed by atoms with Crippen molar-refractivity contribution in [2.45, 2.75) is 19.9 Å². The Morgan fingerprint density at radius 2 is 2.04 bits per heavy atom. The minimum Gasteiger partial charge on any atom is -0.326 e. The van der Waals surface area contributed by atoms with Gasteiger partial charge in [0.05, 0.1) is 11.6 Å². The Balaban J connectivity index is 1.67. The van der Waals surface area contributed by atoms with Crippen LogP contribution in [0.2, 0.25) is 0 Å². The van der Waals surface area contributed by atoms with Gasteiger partial charge >= 0.3 is 0 Å². The number of carbonyl (C=O) groups excluding carboxylic acids is 2. The Kier molecular flexibility index (Phi) is 5.81. The first-order chi connectivity index (χ1) is 13.0. The molecular formula is C20H21F2N3O2. The SMILES string of the molecule is CCNCc1cccc(NC(=O)C2CC(=O)N(c3ccc(F)cc3F)C2)c1. The fourth-order valence-electron chi connectivity index (χ4n) is 3.09. The van der Waals surface area contributed by atoms with Crippen LogP contribution < -0.4 is 15.5 Å². The van der Waals surface area contributed by atoms with Crippen molar-refractivity contribution in [2.24, 2.45) is 5.92 Å². The lowest BCUT2D eigenvalue weighted by atomic mass is 10.1. The largest absolute Gasteiger partial charge is 0.326 e. The second-order valence-electron chi connectivity index (χ2n) is 6.47. The molecule has 142 valence electrons. The van der Waals surface area contributed by atoms with Gasteiger partial charge in [-0.05, 0) is 36.4 Å². The van der Waals surface area contributed by atoms with Crippen LogP contribution >= 0.6 is 0 Å². The van der Waals surface area contributed by atoms with Crippen molar-refractivity contribution in [1.29, 1.82) is 0 Å². The molecule has 0 saturated carbocycles. The molecule has 7 heteroatoms. The first-order valence-corrected chi connectivity index (χ1v) is 8.84. The Bertz CT molecular complexity index is 857. The summed E-state index contributed by atoms with van der Waals surface area (Å²) in [6.07, 6.45) is -0.0142. The molecule has 5 nitrogen and oxygen atoms in total. The molecule has 1 atom stereocenters. The molecule has 2 amide bonds. The summed E-state index contributed by atoms with van der Waals surface area (Å²) in [5.74, 6) is -2.79. The lowest BCUT2D eigenvalue weighted by Crippen LogP contribution is -2.28. The summed E-state index contributed by atoms with van der Waals surface area (Å²) in [6, 6.07) is 10.5. The van der Waals surface area contributed by atoms with Crippen LogP contribution in [-0.2, 0) is 16.1 Å². The van der Waals surface area contributed by atoms with Gasteiger partial charge < -0.3 is 15.5 Å². The van der Waals surface area contributed by atoms with Crippen molar-refractivity contribution in [3.63, 3.8) is 0 Å². The van der Waals surface area contributed by atoms with Crippen LogP contribution in [0, 0.1) is 17.6 Å². The van der Waals surface area contributed by atoms with E-state index in [2.05, 4.69) is 10.6 Å². The van der Waals surface area contributed by atoms with Gasteiger partial charge in [-0.25, -0.2) is 8.78 Å². The standard InChI is InChI=1S/C20H21F2N3O2/c1-2-23-11-13-4-3-5-16(8-13)24-20(27)14-9-19(26)25(12-14)18-7-6-15(21)10-17(18)22/h3-8,10,14,23H,2,9,11-12H2,1H3,(H,24,27). The lowest BCUT2D eigenvalue weighted by Gasteiger charge is -2.17. The number of amides is 2. The summed E-state index contributed by atoms with van der Waals surface area (Å²) in [7, 11) is 0. The highest BCUT2D eigenvalue weighted by molar-refractivity contribution is 6.03. The summed E-state index contributed by atoms with van der Waals surface area (Å²) in [5.41, 5.74) is 1.67. The second kappa shape index (κ2) is 8.26. The van der Waals surface area contributed by atoms with E-state index in [1.807, 2.05) is 25.1 Å². The summed E-state index contributed by atoms with van der Waals surface area (Å²) >= 11 is 0. The van der Waals surface area contributed by atoms with E-state index in [9.17, 15) is 18.4 Å². The fraction of sp³-hybridized carbons (Fsp3) is 0.300. The third-order valence-electron chi connectivity index (χ3n) is 4.47. The summed E-state index contributed by atoms with van der Waals surface area (Å²) in [5, 5.41) is 6.03. The topological polar surface area (TPSA) is 61.4 Å². The maximum absolute atomic E-state index is 14.0. The molecule has 1 heterocycles. The quantitative estimate of drug-likeness (QED) is 0.818. The van der Waals surface area contributed by atoms with Gasteiger partial charge in [0, 0.05) is 31.3 Å².